The number of thiazole rings is 1. The Morgan fingerprint density at radius 1 is 1.33 bits per heavy atom. The monoisotopic (exact) mass is 328 g/mol. The first-order valence-electron chi connectivity index (χ1n) is 5.25. The third kappa shape index (κ3) is 2.76. The number of ether oxygens (including phenoxy) is 2. The molecule has 0 fully saturated rings. The Morgan fingerprint density at radius 2 is 2.11 bits per heavy atom. The average Bonchev–Trinajstić information content (AvgIpc) is 2.67. The minimum absolute atomic E-state index is 0.554. The first kappa shape index (κ1) is 13.2. The van der Waals surface area contributed by atoms with Gasteiger partial charge in [0.2, 0.25) is 0 Å². The van der Waals surface area contributed by atoms with Crippen LogP contribution < -0.4 is 15.2 Å². The maximum absolute atomic E-state index is 5.68. The molecule has 1 aromatic heterocycles. The maximum atomic E-state index is 5.68. The number of hydrogen-bond donors (Lipinski definition) is 1. The largest absolute Gasteiger partial charge is 0.497 e. The summed E-state index contributed by atoms with van der Waals surface area (Å²) in [5.41, 5.74) is 7.60. The molecular weight excluding hydrogens is 316 g/mol. The zero-order valence-corrected chi connectivity index (χ0v) is 12.5. The summed E-state index contributed by atoms with van der Waals surface area (Å²) < 4.78 is 11.5. The second-order valence-corrected chi connectivity index (χ2v) is 5.98. The van der Waals surface area contributed by atoms with E-state index >= 15 is 0 Å². The molecule has 0 amide bonds. The lowest BCUT2D eigenvalue weighted by Gasteiger charge is -2.09. The molecule has 0 aliphatic heterocycles. The Balaban J connectivity index is 2.35. The van der Waals surface area contributed by atoms with E-state index in [-0.39, 0.29) is 0 Å². The first-order chi connectivity index (χ1) is 8.63. The fourth-order valence-electron chi connectivity index (χ4n) is 1.66. The Hall–Kier alpha value is -1.27. The van der Waals surface area contributed by atoms with Crippen LogP contribution >= 0.6 is 27.3 Å². The van der Waals surface area contributed by atoms with Gasteiger partial charge in [-0.05, 0) is 34.1 Å². The number of halogens is 1. The fraction of sp³-hybridized carbons (Fsp3) is 0.250. The quantitative estimate of drug-likeness (QED) is 0.936. The number of nitrogen functional groups attached to an aromatic ring is 1. The molecule has 18 heavy (non-hydrogen) atoms. The predicted molar refractivity (Wildman–Crippen MR) is 76.6 cm³/mol. The minimum Gasteiger partial charge on any atom is -0.497 e. The van der Waals surface area contributed by atoms with E-state index < -0.39 is 0 Å². The molecule has 4 nitrogen and oxygen atoms in total. The second kappa shape index (κ2) is 5.58. The lowest BCUT2D eigenvalue weighted by atomic mass is 10.1. The van der Waals surface area contributed by atoms with Crippen LogP contribution in [0.4, 0.5) is 5.13 Å². The van der Waals surface area contributed by atoms with E-state index in [2.05, 4.69) is 20.9 Å². The van der Waals surface area contributed by atoms with Crippen molar-refractivity contribution in [1.82, 2.24) is 4.98 Å². The van der Waals surface area contributed by atoms with Gasteiger partial charge in [0.1, 0.15) is 11.5 Å². The van der Waals surface area contributed by atoms with Crippen molar-refractivity contribution in [2.75, 3.05) is 20.0 Å². The molecule has 2 rings (SSSR count). The maximum Gasteiger partial charge on any atom is 0.181 e. The molecule has 0 unspecified atom stereocenters. The minimum atomic E-state index is 0.554. The number of hydrogen-bond acceptors (Lipinski definition) is 5. The molecule has 1 heterocycles. The van der Waals surface area contributed by atoms with Gasteiger partial charge >= 0.3 is 0 Å². The molecular formula is C12H13BrN2O2S. The summed E-state index contributed by atoms with van der Waals surface area (Å²) in [6, 6.07) is 5.70. The van der Waals surface area contributed by atoms with E-state index in [1.807, 2.05) is 18.2 Å². The van der Waals surface area contributed by atoms with Crippen molar-refractivity contribution in [3.63, 3.8) is 0 Å². The predicted octanol–water partition coefficient (Wildman–Crippen LogP) is 3.10. The highest BCUT2D eigenvalue weighted by molar-refractivity contribution is 9.11. The standard InChI is InChI=1S/C12H13BrN2O2S/c1-16-8-3-4-10(17-2)7(5-8)6-9-11(13)18-12(14)15-9/h3-5H,6H2,1-2H3,(H2,14,15). The van der Waals surface area contributed by atoms with Crippen molar-refractivity contribution < 1.29 is 9.47 Å². The van der Waals surface area contributed by atoms with Crippen LogP contribution in [-0.2, 0) is 6.42 Å². The number of benzene rings is 1. The molecule has 1 aromatic carbocycles. The van der Waals surface area contributed by atoms with Crippen LogP contribution in [0.2, 0.25) is 0 Å². The van der Waals surface area contributed by atoms with Crippen LogP contribution in [0, 0.1) is 0 Å². The Morgan fingerprint density at radius 3 is 2.67 bits per heavy atom. The van der Waals surface area contributed by atoms with Crippen molar-refractivity contribution in [1.29, 1.82) is 0 Å². The number of methoxy groups -OCH3 is 2. The zero-order valence-electron chi connectivity index (χ0n) is 10.1. The van der Waals surface area contributed by atoms with Gasteiger partial charge in [0.25, 0.3) is 0 Å². The highest BCUT2D eigenvalue weighted by atomic mass is 79.9. The number of nitrogens with zero attached hydrogens (tertiary/aromatic N) is 1. The van der Waals surface area contributed by atoms with Crippen LogP contribution in [0.1, 0.15) is 11.3 Å². The number of aromatic nitrogens is 1. The van der Waals surface area contributed by atoms with Crippen LogP contribution in [0.3, 0.4) is 0 Å². The smallest absolute Gasteiger partial charge is 0.181 e. The van der Waals surface area contributed by atoms with Crippen LogP contribution in [-0.4, -0.2) is 19.2 Å². The van der Waals surface area contributed by atoms with Crippen molar-refractivity contribution in [3.05, 3.63) is 33.2 Å². The topological polar surface area (TPSA) is 57.4 Å². The van der Waals surface area contributed by atoms with Crippen LogP contribution in [0.25, 0.3) is 0 Å². The van der Waals surface area contributed by atoms with E-state index in [1.165, 1.54) is 11.3 Å². The van der Waals surface area contributed by atoms with Crippen LogP contribution in [0.5, 0.6) is 11.5 Å². The summed E-state index contributed by atoms with van der Waals surface area (Å²) in [5, 5.41) is 0.554. The molecule has 0 bridgehead atoms. The summed E-state index contributed by atoms with van der Waals surface area (Å²) in [7, 11) is 3.29. The van der Waals surface area contributed by atoms with Crippen molar-refractivity contribution in [3.8, 4) is 11.5 Å². The summed E-state index contributed by atoms with van der Waals surface area (Å²) in [6.07, 6.45) is 0.647. The van der Waals surface area contributed by atoms with Gasteiger partial charge < -0.3 is 15.2 Å². The average molecular weight is 329 g/mol. The molecule has 0 aliphatic carbocycles. The van der Waals surface area contributed by atoms with Crippen molar-refractivity contribution in [2.24, 2.45) is 0 Å². The normalized spacial score (nSPS) is 10.4. The van der Waals surface area contributed by atoms with E-state index in [0.717, 1.165) is 26.5 Å². The highest BCUT2D eigenvalue weighted by Crippen LogP contribution is 2.31. The molecule has 2 N–H and O–H groups in total. The third-order valence-electron chi connectivity index (χ3n) is 2.51. The molecule has 96 valence electrons. The van der Waals surface area contributed by atoms with Gasteiger partial charge in [0.15, 0.2) is 5.13 Å². The van der Waals surface area contributed by atoms with Gasteiger partial charge in [-0.1, -0.05) is 11.3 Å². The molecule has 0 saturated carbocycles. The molecule has 0 aliphatic rings. The Labute approximate surface area is 118 Å². The Kier molecular flexibility index (Phi) is 4.08. The van der Waals surface area contributed by atoms with Gasteiger partial charge in [-0.15, -0.1) is 0 Å². The SMILES string of the molecule is COc1ccc(OC)c(Cc2nc(N)sc2Br)c1. The fourth-order valence-corrected chi connectivity index (χ4v) is 2.96. The van der Waals surface area contributed by atoms with Gasteiger partial charge in [-0.2, -0.15) is 0 Å². The number of rotatable bonds is 4. The summed E-state index contributed by atoms with van der Waals surface area (Å²) >= 11 is 4.88. The molecule has 2 aromatic rings. The second-order valence-electron chi connectivity index (χ2n) is 3.63. The molecule has 6 heteroatoms. The van der Waals surface area contributed by atoms with Crippen molar-refractivity contribution in [2.45, 2.75) is 6.42 Å². The van der Waals surface area contributed by atoms with E-state index in [1.54, 1.807) is 14.2 Å². The lowest BCUT2D eigenvalue weighted by molar-refractivity contribution is 0.399. The van der Waals surface area contributed by atoms with E-state index in [4.69, 9.17) is 15.2 Å². The Bertz CT molecular complexity index is 557. The van der Waals surface area contributed by atoms with Gasteiger partial charge in [-0.3, -0.25) is 0 Å². The zero-order chi connectivity index (χ0) is 13.1. The highest BCUT2D eigenvalue weighted by Gasteiger charge is 2.12. The van der Waals surface area contributed by atoms with Gasteiger partial charge in [0, 0.05) is 12.0 Å². The summed E-state index contributed by atoms with van der Waals surface area (Å²) in [4.78, 5) is 4.29. The molecule has 0 atom stereocenters. The number of nitrogens with two attached hydrogens (primary N) is 1. The van der Waals surface area contributed by atoms with Crippen molar-refractivity contribution >= 4 is 32.4 Å². The van der Waals surface area contributed by atoms with E-state index in [0.29, 0.717) is 11.6 Å². The van der Waals surface area contributed by atoms with E-state index in [9.17, 15) is 0 Å². The van der Waals surface area contributed by atoms with Gasteiger partial charge in [-0.25, -0.2) is 4.98 Å². The van der Waals surface area contributed by atoms with Crippen LogP contribution in [0.15, 0.2) is 22.0 Å². The summed E-state index contributed by atoms with van der Waals surface area (Å²) in [6.45, 7) is 0. The van der Waals surface area contributed by atoms with Gasteiger partial charge in [0.05, 0.1) is 23.7 Å². The molecule has 0 saturated heterocycles. The third-order valence-corrected chi connectivity index (χ3v) is 4.17. The molecule has 0 radical (unpaired) electrons. The first-order valence-corrected chi connectivity index (χ1v) is 6.86. The summed E-state index contributed by atoms with van der Waals surface area (Å²) in [5.74, 6) is 1.61. The number of anilines is 1. The lowest BCUT2D eigenvalue weighted by Crippen LogP contribution is -1.96. The molecule has 0 spiro atoms.